The minimum Gasteiger partial charge on any atom is -0.352 e. The molecule has 2 aromatic heterocycles. The fraction of sp³-hybridized carbons (Fsp3) is 0.440. The Bertz CT molecular complexity index is 1270. The van der Waals surface area contributed by atoms with E-state index in [4.69, 9.17) is 16.6 Å². The average Bonchev–Trinajstić information content (AvgIpc) is 3.31. The number of benzene rings is 1. The molecule has 0 saturated carbocycles. The lowest BCUT2D eigenvalue weighted by molar-refractivity contribution is -0.122. The molecule has 8 nitrogen and oxygen atoms in total. The summed E-state index contributed by atoms with van der Waals surface area (Å²) in [6, 6.07) is 7.41. The molecule has 0 radical (unpaired) electrons. The van der Waals surface area contributed by atoms with Gasteiger partial charge in [-0.1, -0.05) is 23.7 Å². The molecule has 4 heterocycles. The molecule has 1 aromatic carbocycles. The number of nitrogens with zero attached hydrogens (tertiary/aromatic N) is 6. The zero-order valence-electron chi connectivity index (χ0n) is 20.5. The standard InChI is InChI=1S/C25H30ClN7OS/c1-15-16(2)35-25-22(15)23(18-5-7-19(26)8-6-18)28-20(24-30-29-17(3)33(24)25)13-27-21(34)14-32-11-9-31(4)10-12-32/h5-8,20H,9-14H2,1-4H3,(H,27,34)/t20-/m0/s1. The van der Waals surface area contributed by atoms with Crippen LogP contribution in [0.1, 0.15) is 39.3 Å². The lowest BCUT2D eigenvalue weighted by Gasteiger charge is -2.31. The second-order valence-electron chi connectivity index (χ2n) is 9.29. The van der Waals surface area contributed by atoms with Crippen LogP contribution in [0.3, 0.4) is 0 Å². The number of aromatic nitrogens is 3. The Morgan fingerprint density at radius 3 is 2.54 bits per heavy atom. The number of carbonyl (C=O) groups excluding carboxylic acids is 1. The summed E-state index contributed by atoms with van der Waals surface area (Å²) in [7, 11) is 2.11. The molecule has 1 atom stereocenters. The van der Waals surface area contributed by atoms with Gasteiger partial charge in [-0.25, -0.2) is 0 Å². The van der Waals surface area contributed by atoms with E-state index in [0.29, 0.717) is 18.1 Å². The Labute approximate surface area is 214 Å². The van der Waals surface area contributed by atoms with Crippen molar-refractivity contribution >= 4 is 34.6 Å². The number of halogens is 1. The van der Waals surface area contributed by atoms with E-state index in [2.05, 4.69) is 50.8 Å². The van der Waals surface area contributed by atoms with Crippen LogP contribution < -0.4 is 5.32 Å². The largest absolute Gasteiger partial charge is 0.352 e. The third-order valence-corrected chi connectivity index (χ3v) is 8.26. The third kappa shape index (κ3) is 4.78. The van der Waals surface area contributed by atoms with Crippen molar-refractivity contribution in [3.63, 3.8) is 0 Å². The maximum atomic E-state index is 12.8. The summed E-state index contributed by atoms with van der Waals surface area (Å²) in [6.07, 6.45) is 0. The number of nitrogens with one attached hydrogen (secondary N) is 1. The van der Waals surface area contributed by atoms with Crippen LogP contribution in [0, 0.1) is 20.8 Å². The molecule has 2 aliphatic rings. The van der Waals surface area contributed by atoms with E-state index < -0.39 is 0 Å². The molecule has 1 N–H and O–H groups in total. The maximum absolute atomic E-state index is 12.8. The lowest BCUT2D eigenvalue weighted by Crippen LogP contribution is -2.48. The van der Waals surface area contributed by atoms with Crippen molar-refractivity contribution < 1.29 is 4.79 Å². The van der Waals surface area contributed by atoms with Gasteiger partial charge in [0, 0.05) is 53.8 Å². The summed E-state index contributed by atoms with van der Waals surface area (Å²) < 4.78 is 2.10. The molecule has 0 bridgehead atoms. The maximum Gasteiger partial charge on any atom is 0.234 e. The fourth-order valence-electron chi connectivity index (χ4n) is 4.61. The molecule has 35 heavy (non-hydrogen) atoms. The Morgan fingerprint density at radius 1 is 1.11 bits per heavy atom. The van der Waals surface area contributed by atoms with Crippen LogP contribution in [0.25, 0.3) is 5.00 Å². The van der Waals surface area contributed by atoms with E-state index in [1.807, 2.05) is 31.2 Å². The van der Waals surface area contributed by atoms with Gasteiger partial charge in [0.2, 0.25) is 5.91 Å². The molecule has 3 aromatic rings. The first kappa shape index (κ1) is 24.1. The molecule has 0 spiro atoms. The van der Waals surface area contributed by atoms with Gasteiger partial charge in [0.15, 0.2) is 5.82 Å². The fourth-order valence-corrected chi connectivity index (χ4v) is 5.95. The summed E-state index contributed by atoms with van der Waals surface area (Å²) in [6.45, 7) is 10.7. The SMILES string of the molecule is Cc1sc2c(c1C)C(c1ccc(Cl)cc1)=N[C@@H](CNC(=O)CN1CCN(C)CC1)c1nnc(C)n1-2. The predicted molar refractivity (Wildman–Crippen MR) is 140 cm³/mol. The van der Waals surface area contributed by atoms with Crippen LogP contribution in [-0.2, 0) is 4.79 Å². The number of aryl methyl sites for hydroxylation is 2. The van der Waals surface area contributed by atoms with Crippen LogP contribution in [0.15, 0.2) is 29.3 Å². The van der Waals surface area contributed by atoms with E-state index in [-0.39, 0.29) is 11.9 Å². The van der Waals surface area contributed by atoms with Crippen molar-refractivity contribution in [3.05, 3.63) is 62.5 Å². The van der Waals surface area contributed by atoms with Gasteiger partial charge in [0.05, 0.1) is 12.3 Å². The van der Waals surface area contributed by atoms with Crippen molar-refractivity contribution in [3.8, 4) is 5.00 Å². The van der Waals surface area contributed by atoms with Crippen LogP contribution in [-0.4, -0.2) is 82.5 Å². The summed E-state index contributed by atoms with van der Waals surface area (Å²) in [4.78, 5) is 23.7. The molecule has 1 amide bonds. The van der Waals surface area contributed by atoms with Crippen molar-refractivity contribution in [2.75, 3.05) is 46.3 Å². The van der Waals surface area contributed by atoms with Crippen molar-refractivity contribution in [2.45, 2.75) is 26.8 Å². The number of hydrogen-bond acceptors (Lipinski definition) is 7. The highest BCUT2D eigenvalue weighted by Gasteiger charge is 2.31. The number of amides is 1. The highest BCUT2D eigenvalue weighted by Crippen LogP contribution is 2.38. The predicted octanol–water partition coefficient (Wildman–Crippen LogP) is 3.16. The van der Waals surface area contributed by atoms with Gasteiger partial charge in [-0.3, -0.25) is 19.3 Å². The minimum atomic E-state index is -0.363. The number of fused-ring (bicyclic) bond motifs is 3. The monoisotopic (exact) mass is 511 g/mol. The number of likely N-dealkylation sites (N-methyl/N-ethyl adjacent to an activating group) is 1. The average molecular weight is 512 g/mol. The van der Waals surface area contributed by atoms with E-state index in [1.165, 1.54) is 10.4 Å². The molecular formula is C25H30ClN7OS. The normalized spacial score (nSPS) is 18.5. The van der Waals surface area contributed by atoms with Crippen molar-refractivity contribution in [2.24, 2.45) is 4.99 Å². The van der Waals surface area contributed by atoms with E-state index in [9.17, 15) is 4.79 Å². The molecule has 0 unspecified atom stereocenters. The van der Waals surface area contributed by atoms with Gasteiger partial charge in [-0.05, 0) is 45.5 Å². The number of rotatable bonds is 5. The molecule has 10 heteroatoms. The summed E-state index contributed by atoms with van der Waals surface area (Å²) >= 11 is 7.90. The third-order valence-electron chi connectivity index (χ3n) is 6.81. The number of hydrogen-bond donors (Lipinski definition) is 1. The zero-order chi connectivity index (χ0) is 24.7. The summed E-state index contributed by atoms with van der Waals surface area (Å²) in [5.74, 6) is 1.56. The first-order valence-corrected chi connectivity index (χ1v) is 13.0. The second-order valence-corrected chi connectivity index (χ2v) is 10.9. The number of aliphatic imine (C=N–C) groups is 1. The van der Waals surface area contributed by atoms with Crippen LogP contribution in [0.5, 0.6) is 0 Å². The first-order valence-electron chi connectivity index (χ1n) is 11.9. The van der Waals surface area contributed by atoms with E-state index in [1.54, 1.807) is 11.3 Å². The zero-order valence-corrected chi connectivity index (χ0v) is 22.1. The Kier molecular flexibility index (Phi) is 6.76. The van der Waals surface area contributed by atoms with Gasteiger partial charge in [0.25, 0.3) is 0 Å². The summed E-state index contributed by atoms with van der Waals surface area (Å²) in [5, 5.41) is 13.7. The number of thiophene rings is 1. The molecule has 5 rings (SSSR count). The van der Waals surface area contributed by atoms with E-state index >= 15 is 0 Å². The van der Waals surface area contributed by atoms with Crippen LogP contribution in [0.4, 0.5) is 0 Å². The second kappa shape index (κ2) is 9.81. The summed E-state index contributed by atoms with van der Waals surface area (Å²) in [5.41, 5.74) is 4.16. The van der Waals surface area contributed by atoms with E-state index in [0.717, 1.165) is 59.7 Å². The van der Waals surface area contributed by atoms with Gasteiger partial charge >= 0.3 is 0 Å². The van der Waals surface area contributed by atoms with Crippen LogP contribution >= 0.6 is 22.9 Å². The quantitative estimate of drug-likeness (QED) is 0.569. The smallest absolute Gasteiger partial charge is 0.234 e. The minimum absolute atomic E-state index is 0.00614. The Hall–Kier alpha value is -2.59. The van der Waals surface area contributed by atoms with Crippen molar-refractivity contribution in [1.82, 2.24) is 29.9 Å². The van der Waals surface area contributed by atoms with Gasteiger partial charge in [-0.2, -0.15) is 0 Å². The molecular weight excluding hydrogens is 482 g/mol. The Balaban J connectivity index is 1.48. The van der Waals surface area contributed by atoms with Crippen LogP contribution in [0.2, 0.25) is 5.02 Å². The van der Waals surface area contributed by atoms with Gasteiger partial charge in [-0.15, -0.1) is 21.5 Å². The molecule has 1 fully saturated rings. The van der Waals surface area contributed by atoms with Gasteiger partial charge in [0.1, 0.15) is 16.9 Å². The number of carbonyl (C=O) groups is 1. The first-order chi connectivity index (χ1) is 16.8. The molecule has 1 saturated heterocycles. The molecule has 0 aliphatic carbocycles. The van der Waals surface area contributed by atoms with Gasteiger partial charge < -0.3 is 10.2 Å². The Morgan fingerprint density at radius 2 is 1.83 bits per heavy atom. The number of piperazine rings is 1. The lowest BCUT2D eigenvalue weighted by atomic mass is 10.00. The highest BCUT2D eigenvalue weighted by molar-refractivity contribution is 7.15. The topological polar surface area (TPSA) is 78.7 Å². The highest BCUT2D eigenvalue weighted by atomic mass is 35.5. The van der Waals surface area contributed by atoms with Crippen molar-refractivity contribution in [1.29, 1.82) is 0 Å². The molecule has 184 valence electrons. The molecule has 2 aliphatic heterocycles.